The standard InChI is InChI=1S/C14H19ClN2O3/c1-8(2)7-19-3-4-20-12-6-11-9(5-10(12)15)13(16)14(18)17-11/h5-6,8,13H,3-4,7,16H2,1-2H3,(H,17,18). The highest BCUT2D eigenvalue weighted by Gasteiger charge is 2.28. The molecule has 0 spiro atoms. The van der Waals surface area contributed by atoms with Gasteiger partial charge in [0.1, 0.15) is 18.4 Å². The maximum atomic E-state index is 11.5. The van der Waals surface area contributed by atoms with Crippen LogP contribution in [0.1, 0.15) is 25.5 Å². The van der Waals surface area contributed by atoms with Crippen LogP contribution < -0.4 is 15.8 Å². The largest absolute Gasteiger partial charge is 0.490 e. The van der Waals surface area contributed by atoms with E-state index in [0.717, 1.165) is 0 Å². The Balaban J connectivity index is 1.93. The molecule has 110 valence electrons. The summed E-state index contributed by atoms with van der Waals surface area (Å²) in [5.41, 5.74) is 7.10. The summed E-state index contributed by atoms with van der Waals surface area (Å²) in [6.07, 6.45) is 0. The number of halogens is 1. The predicted molar refractivity (Wildman–Crippen MR) is 78.2 cm³/mol. The SMILES string of the molecule is CC(C)COCCOc1cc2c(cc1Cl)C(N)C(=O)N2. The highest BCUT2D eigenvalue weighted by molar-refractivity contribution is 6.32. The summed E-state index contributed by atoms with van der Waals surface area (Å²) in [7, 11) is 0. The lowest BCUT2D eigenvalue weighted by molar-refractivity contribution is -0.116. The van der Waals surface area contributed by atoms with E-state index in [0.29, 0.717) is 47.8 Å². The van der Waals surface area contributed by atoms with Crippen molar-refractivity contribution in [1.82, 2.24) is 0 Å². The van der Waals surface area contributed by atoms with Crippen LogP contribution in [-0.2, 0) is 9.53 Å². The lowest BCUT2D eigenvalue weighted by atomic mass is 10.1. The van der Waals surface area contributed by atoms with Crippen molar-refractivity contribution in [3.63, 3.8) is 0 Å². The van der Waals surface area contributed by atoms with E-state index in [1.165, 1.54) is 0 Å². The van der Waals surface area contributed by atoms with Crippen molar-refractivity contribution in [2.24, 2.45) is 11.7 Å². The lowest BCUT2D eigenvalue weighted by Gasteiger charge is -2.11. The van der Waals surface area contributed by atoms with Gasteiger partial charge >= 0.3 is 0 Å². The fourth-order valence-electron chi connectivity index (χ4n) is 1.93. The van der Waals surface area contributed by atoms with Crippen molar-refractivity contribution in [3.05, 3.63) is 22.7 Å². The van der Waals surface area contributed by atoms with Gasteiger partial charge in [0, 0.05) is 23.9 Å². The summed E-state index contributed by atoms with van der Waals surface area (Å²) in [5, 5.41) is 3.14. The Kier molecular flexibility index (Phi) is 4.86. The number of nitrogens with one attached hydrogen (secondary N) is 1. The molecule has 0 aliphatic carbocycles. The molecule has 0 saturated heterocycles. The third-order valence-electron chi connectivity index (χ3n) is 2.92. The van der Waals surface area contributed by atoms with Crippen LogP contribution in [0.3, 0.4) is 0 Å². The third kappa shape index (κ3) is 3.42. The van der Waals surface area contributed by atoms with Gasteiger partial charge in [-0.25, -0.2) is 0 Å². The van der Waals surface area contributed by atoms with Gasteiger partial charge in [0.25, 0.3) is 0 Å². The number of nitrogens with two attached hydrogens (primary N) is 1. The molecule has 0 aromatic heterocycles. The van der Waals surface area contributed by atoms with Crippen LogP contribution in [0.4, 0.5) is 5.69 Å². The molecule has 0 bridgehead atoms. The minimum absolute atomic E-state index is 0.228. The van der Waals surface area contributed by atoms with Crippen molar-refractivity contribution in [1.29, 1.82) is 0 Å². The minimum atomic E-state index is -0.661. The van der Waals surface area contributed by atoms with Gasteiger partial charge in [0.05, 0.1) is 11.6 Å². The van der Waals surface area contributed by atoms with Crippen molar-refractivity contribution in [3.8, 4) is 5.75 Å². The number of carbonyl (C=O) groups is 1. The fraction of sp³-hybridized carbons (Fsp3) is 0.500. The average Bonchev–Trinajstić information content (AvgIpc) is 2.65. The van der Waals surface area contributed by atoms with Gasteiger partial charge in [0.2, 0.25) is 5.91 Å². The third-order valence-corrected chi connectivity index (χ3v) is 3.21. The van der Waals surface area contributed by atoms with Crippen molar-refractivity contribution in [2.75, 3.05) is 25.1 Å². The zero-order valence-electron chi connectivity index (χ0n) is 11.6. The Morgan fingerprint density at radius 3 is 2.85 bits per heavy atom. The molecule has 1 aliphatic rings. The quantitative estimate of drug-likeness (QED) is 0.791. The summed E-state index contributed by atoms with van der Waals surface area (Å²) in [5.74, 6) is 0.789. The molecule has 20 heavy (non-hydrogen) atoms. The molecule has 3 N–H and O–H groups in total. The summed E-state index contributed by atoms with van der Waals surface area (Å²) in [6, 6.07) is 2.71. The average molecular weight is 299 g/mol. The van der Waals surface area contributed by atoms with Crippen LogP contribution in [0.2, 0.25) is 5.02 Å². The molecule has 1 atom stereocenters. The van der Waals surface area contributed by atoms with Gasteiger partial charge in [-0.2, -0.15) is 0 Å². The van der Waals surface area contributed by atoms with Gasteiger partial charge in [-0.1, -0.05) is 25.4 Å². The zero-order valence-corrected chi connectivity index (χ0v) is 12.4. The topological polar surface area (TPSA) is 73.6 Å². The van der Waals surface area contributed by atoms with Crippen LogP contribution in [0.5, 0.6) is 5.75 Å². The van der Waals surface area contributed by atoms with E-state index in [9.17, 15) is 4.79 Å². The van der Waals surface area contributed by atoms with E-state index in [1.807, 2.05) is 0 Å². The van der Waals surface area contributed by atoms with Crippen LogP contribution >= 0.6 is 11.6 Å². The normalized spacial score (nSPS) is 17.2. The summed E-state index contributed by atoms with van der Waals surface area (Å²) in [6.45, 7) is 5.78. The summed E-state index contributed by atoms with van der Waals surface area (Å²) in [4.78, 5) is 11.5. The fourth-order valence-corrected chi connectivity index (χ4v) is 2.15. The molecule has 0 saturated carbocycles. The van der Waals surface area contributed by atoms with Gasteiger partial charge < -0.3 is 20.5 Å². The van der Waals surface area contributed by atoms with E-state index in [4.69, 9.17) is 26.8 Å². The Hall–Kier alpha value is -1.30. The van der Waals surface area contributed by atoms with Crippen LogP contribution in [0.15, 0.2) is 12.1 Å². The van der Waals surface area contributed by atoms with Crippen molar-refractivity contribution < 1.29 is 14.3 Å². The number of carbonyl (C=O) groups excluding carboxylic acids is 1. The molecule has 1 aromatic carbocycles. The number of hydrogen-bond acceptors (Lipinski definition) is 4. The number of hydrogen-bond donors (Lipinski definition) is 2. The Morgan fingerprint density at radius 1 is 1.40 bits per heavy atom. The predicted octanol–water partition coefficient (Wildman–Crippen LogP) is 2.34. The molecular formula is C14H19ClN2O3. The first kappa shape index (κ1) is 15.1. The molecule has 6 heteroatoms. The lowest BCUT2D eigenvalue weighted by Crippen LogP contribution is -2.19. The van der Waals surface area contributed by atoms with Crippen molar-refractivity contribution >= 4 is 23.2 Å². The number of ether oxygens (including phenoxy) is 2. The van der Waals surface area contributed by atoms with Gasteiger partial charge in [0.15, 0.2) is 0 Å². The molecule has 2 rings (SSSR count). The van der Waals surface area contributed by atoms with Gasteiger partial charge in [-0.05, 0) is 12.0 Å². The molecule has 0 fully saturated rings. The summed E-state index contributed by atoms with van der Waals surface area (Å²) >= 11 is 6.12. The number of amides is 1. The number of benzene rings is 1. The first-order chi connectivity index (χ1) is 9.49. The molecular weight excluding hydrogens is 280 g/mol. The maximum Gasteiger partial charge on any atom is 0.245 e. The molecule has 5 nitrogen and oxygen atoms in total. The van der Waals surface area contributed by atoms with E-state index >= 15 is 0 Å². The van der Waals surface area contributed by atoms with Crippen LogP contribution in [0.25, 0.3) is 0 Å². The second-order valence-corrected chi connectivity index (χ2v) is 5.56. The second kappa shape index (κ2) is 6.43. The Labute approximate surface area is 123 Å². The molecule has 1 heterocycles. The van der Waals surface area contributed by atoms with Crippen molar-refractivity contribution in [2.45, 2.75) is 19.9 Å². The van der Waals surface area contributed by atoms with E-state index in [1.54, 1.807) is 12.1 Å². The van der Waals surface area contributed by atoms with E-state index in [-0.39, 0.29) is 5.91 Å². The maximum absolute atomic E-state index is 11.5. The first-order valence-electron chi connectivity index (χ1n) is 6.59. The Bertz CT molecular complexity index is 505. The molecule has 1 unspecified atom stereocenters. The Morgan fingerprint density at radius 2 is 2.15 bits per heavy atom. The monoisotopic (exact) mass is 298 g/mol. The number of rotatable bonds is 6. The van der Waals surface area contributed by atoms with Crippen LogP contribution in [0, 0.1) is 5.92 Å². The number of anilines is 1. The first-order valence-corrected chi connectivity index (χ1v) is 6.97. The molecule has 1 aromatic rings. The highest BCUT2D eigenvalue weighted by atomic mass is 35.5. The minimum Gasteiger partial charge on any atom is -0.490 e. The smallest absolute Gasteiger partial charge is 0.245 e. The van der Waals surface area contributed by atoms with E-state index < -0.39 is 6.04 Å². The van der Waals surface area contributed by atoms with E-state index in [2.05, 4.69) is 19.2 Å². The molecule has 0 radical (unpaired) electrons. The van der Waals surface area contributed by atoms with Gasteiger partial charge in [-0.15, -0.1) is 0 Å². The number of fused-ring (bicyclic) bond motifs is 1. The molecule has 1 amide bonds. The summed E-state index contributed by atoms with van der Waals surface area (Å²) < 4.78 is 11.0. The highest BCUT2D eigenvalue weighted by Crippen LogP contribution is 2.37. The second-order valence-electron chi connectivity index (χ2n) is 5.15. The van der Waals surface area contributed by atoms with Gasteiger partial charge in [-0.3, -0.25) is 4.79 Å². The van der Waals surface area contributed by atoms with Crippen LogP contribution in [-0.4, -0.2) is 25.7 Å². The molecule has 1 aliphatic heterocycles. The zero-order chi connectivity index (χ0) is 14.7.